The molecule has 0 amide bonds. The predicted molar refractivity (Wildman–Crippen MR) is 82.0 cm³/mol. The number of β-amino-alcohol motifs (C(OH)–C–C–N with tert-alkyl or cyclic N) is 1. The summed E-state index contributed by atoms with van der Waals surface area (Å²) in [5.41, 5.74) is 3.10. The van der Waals surface area contributed by atoms with Crippen LogP contribution in [0.25, 0.3) is 0 Å². The molecule has 21 heavy (non-hydrogen) atoms. The lowest BCUT2D eigenvalue weighted by molar-refractivity contribution is 0.112. The highest BCUT2D eigenvalue weighted by Crippen LogP contribution is 2.33. The third kappa shape index (κ3) is 3.20. The third-order valence-corrected chi connectivity index (χ3v) is 4.07. The minimum absolute atomic E-state index is 0.209. The fourth-order valence-electron chi connectivity index (χ4n) is 3.02. The number of aliphatic hydroxyl groups is 1. The number of rotatable bonds is 4. The molecule has 2 unspecified atom stereocenters. The molecule has 1 fully saturated rings. The normalized spacial score (nSPS) is 22.3. The van der Waals surface area contributed by atoms with Crippen molar-refractivity contribution >= 4 is 6.29 Å². The maximum atomic E-state index is 10.7. The molecule has 1 N–H and O–H groups in total. The van der Waals surface area contributed by atoms with Crippen molar-refractivity contribution in [2.45, 2.75) is 25.1 Å². The van der Waals surface area contributed by atoms with Crippen LogP contribution in [0.1, 0.15) is 33.9 Å². The third-order valence-electron chi connectivity index (χ3n) is 4.07. The van der Waals surface area contributed by atoms with Crippen molar-refractivity contribution in [2.24, 2.45) is 0 Å². The first kappa shape index (κ1) is 14.0. The monoisotopic (exact) mass is 281 g/mol. The summed E-state index contributed by atoms with van der Waals surface area (Å²) in [5.74, 6) is 0. The molecule has 3 rings (SSSR count). The number of hydrogen-bond donors (Lipinski definition) is 1. The van der Waals surface area contributed by atoms with Gasteiger partial charge >= 0.3 is 0 Å². The summed E-state index contributed by atoms with van der Waals surface area (Å²) in [6.45, 7) is 1.52. The van der Waals surface area contributed by atoms with Crippen molar-refractivity contribution in [1.29, 1.82) is 0 Å². The summed E-state index contributed by atoms with van der Waals surface area (Å²) in [7, 11) is 0. The van der Waals surface area contributed by atoms with Crippen LogP contribution in [0.2, 0.25) is 0 Å². The molecule has 0 aliphatic carbocycles. The standard InChI is InChI=1S/C18H19NO2/c20-13-15-6-8-16(9-7-15)18-10-17(21)12-19(18)11-14-4-2-1-3-5-14/h1-9,13,17-18,21H,10-12H2. The minimum Gasteiger partial charge on any atom is -0.392 e. The average molecular weight is 281 g/mol. The quantitative estimate of drug-likeness (QED) is 0.876. The largest absolute Gasteiger partial charge is 0.392 e. The fourth-order valence-corrected chi connectivity index (χ4v) is 3.02. The molecule has 2 atom stereocenters. The number of nitrogens with zero attached hydrogens (tertiary/aromatic N) is 1. The van der Waals surface area contributed by atoms with E-state index in [0.717, 1.165) is 24.8 Å². The van der Waals surface area contributed by atoms with Crippen LogP contribution in [0.5, 0.6) is 0 Å². The number of hydrogen-bond acceptors (Lipinski definition) is 3. The molecule has 1 saturated heterocycles. The van der Waals surface area contributed by atoms with Crippen LogP contribution in [-0.2, 0) is 6.54 Å². The summed E-state index contributed by atoms with van der Waals surface area (Å²) in [4.78, 5) is 13.0. The molecule has 1 heterocycles. The predicted octanol–water partition coefficient (Wildman–Crippen LogP) is 2.81. The molecule has 0 radical (unpaired) electrons. The van der Waals surface area contributed by atoms with Crippen LogP contribution >= 0.6 is 0 Å². The number of aliphatic hydroxyl groups excluding tert-OH is 1. The Balaban J connectivity index is 1.79. The van der Waals surface area contributed by atoms with Gasteiger partial charge in [0.1, 0.15) is 6.29 Å². The van der Waals surface area contributed by atoms with E-state index in [4.69, 9.17) is 0 Å². The van der Waals surface area contributed by atoms with E-state index in [2.05, 4.69) is 17.0 Å². The van der Waals surface area contributed by atoms with Crippen molar-refractivity contribution in [3.8, 4) is 0 Å². The van der Waals surface area contributed by atoms with E-state index in [0.29, 0.717) is 12.1 Å². The van der Waals surface area contributed by atoms with E-state index < -0.39 is 0 Å². The van der Waals surface area contributed by atoms with Crippen molar-refractivity contribution in [2.75, 3.05) is 6.54 Å². The van der Waals surface area contributed by atoms with Crippen LogP contribution in [0.15, 0.2) is 54.6 Å². The molecule has 2 aromatic carbocycles. The van der Waals surface area contributed by atoms with Gasteiger partial charge in [-0.2, -0.15) is 0 Å². The molecular formula is C18H19NO2. The van der Waals surface area contributed by atoms with Gasteiger partial charge in [-0.25, -0.2) is 0 Å². The Hall–Kier alpha value is -1.97. The van der Waals surface area contributed by atoms with Gasteiger partial charge in [0.05, 0.1) is 6.10 Å². The maximum Gasteiger partial charge on any atom is 0.150 e. The zero-order valence-electron chi connectivity index (χ0n) is 11.9. The molecule has 108 valence electrons. The molecule has 0 bridgehead atoms. The number of likely N-dealkylation sites (tertiary alicyclic amines) is 1. The lowest BCUT2D eigenvalue weighted by Crippen LogP contribution is -2.24. The van der Waals surface area contributed by atoms with Gasteiger partial charge in [0.2, 0.25) is 0 Å². The van der Waals surface area contributed by atoms with Crippen molar-refractivity contribution in [3.63, 3.8) is 0 Å². The highest BCUT2D eigenvalue weighted by atomic mass is 16.3. The van der Waals surface area contributed by atoms with Gasteiger partial charge in [0.15, 0.2) is 0 Å². The van der Waals surface area contributed by atoms with E-state index in [-0.39, 0.29) is 12.1 Å². The molecule has 1 aliphatic heterocycles. The lowest BCUT2D eigenvalue weighted by Gasteiger charge is -2.24. The molecule has 0 saturated carbocycles. The second-order valence-electron chi connectivity index (χ2n) is 5.60. The zero-order valence-corrected chi connectivity index (χ0v) is 11.9. The summed E-state index contributed by atoms with van der Waals surface area (Å²) < 4.78 is 0. The Labute approximate surface area is 124 Å². The van der Waals surface area contributed by atoms with E-state index >= 15 is 0 Å². The second-order valence-corrected chi connectivity index (χ2v) is 5.60. The smallest absolute Gasteiger partial charge is 0.150 e. The van der Waals surface area contributed by atoms with E-state index in [9.17, 15) is 9.90 Å². The summed E-state index contributed by atoms with van der Waals surface area (Å²) >= 11 is 0. The highest BCUT2D eigenvalue weighted by Gasteiger charge is 2.31. The Morgan fingerprint density at radius 2 is 1.81 bits per heavy atom. The fraction of sp³-hybridized carbons (Fsp3) is 0.278. The van der Waals surface area contributed by atoms with Gasteiger partial charge in [-0.3, -0.25) is 9.69 Å². The Kier molecular flexibility index (Phi) is 4.13. The first-order chi connectivity index (χ1) is 10.3. The van der Waals surface area contributed by atoms with Gasteiger partial charge < -0.3 is 5.11 Å². The molecule has 0 spiro atoms. The number of benzene rings is 2. The Morgan fingerprint density at radius 3 is 2.48 bits per heavy atom. The Bertz CT molecular complexity index is 594. The van der Waals surface area contributed by atoms with Crippen LogP contribution in [-0.4, -0.2) is 28.9 Å². The summed E-state index contributed by atoms with van der Waals surface area (Å²) in [6, 6.07) is 18.2. The number of carbonyl (C=O) groups excluding carboxylic acids is 1. The number of carbonyl (C=O) groups is 1. The summed E-state index contributed by atoms with van der Waals surface area (Å²) in [6.07, 6.45) is 1.31. The SMILES string of the molecule is O=Cc1ccc(C2CC(O)CN2Cc2ccccc2)cc1. The van der Waals surface area contributed by atoms with Crippen LogP contribution < -0.4 is 0 Å². The van der Waals surface area contributed by atoms with Crippen LogP contribution in [0.4, 0.5) is 0 Å². The second kappa shape index (κ2) is 6.20. The van der Waals surface area contributed by atoms with Crippen LogP contribution in [0, 0.1) is 0 Å². The van der Waals surface area contributed by atoms with Gasteiger partial charge in [0.25, 0.3) is 0 Å². The number of aldehydes is 1. The summed E-state index contributed by atoms with van der Waals surface area (Å²) in [5, 5.41) is 10.0. The van der Waals surface area contributed by atoms with Gasteiger partial charge in [-0.05, 0) is 17.5 Å². The highest BCUT2D eigenvalue weighted by molar-refractivity contribution is 5.74. The lowest BCUT2D eigenvalue weighted by atomic mass is 10.0. The Morgan fingerprint density at radius 1 is 1.10 bits per heavy atom. The molecule has 0 aromatic heterocycles. The molecule has 1 aliphatic rings. The van der Waals surface area contributed by atoms with E-state index in [1.807, 2.05) is 42.5 Å². The topological polar surface area (TPSA) is 40.5 Å². The average Bonchev–Trinajstić information content (AvgIpc) is 2.89. The first-order valence-electron chi connectivity index (χ1n) is 7.27. The van der Waals surface area contributed by atoms with E-state index in [1.165, 1.54) is 5.56 Å². The molecule has 2 aromatic rings. The first-order valence-corrected chi connectivity index (χ1v) is 7.27. The van der Waals surface area contributed by atoms with Crippen LogP contribution in [0.3, 0.4) is 0 Å². The molecule has 3 heteroatoms. The zero-order chi connectivity index (χ0) is 14.7. The van der Waals surface area contributed by atoms with Gasteiger partial charge in [-0.15, -0.1) is 0 Å². The molecule has 3 nitrogen and oxygen atoms in total. The van der Waals surface area contributed by atoms with Gasteiger partial charge in [0, 0.05) is 24.7 Å². The van der Waals surface area contributed by atoms with E-state index in [1.54, 1.807) is 0 Å². The van der Waals surface area contributed by atoms with Crippen molar-refractivity contribution in [3.05, 3.63) is 71.3 Å². The minimum atomic E-state index is -0.288. The molecular weight excluding hydrogens is 262 g/mol. The van der Waals surface area contributed by atoms with Crippen molar-refractivity contribution in [1.82, 2.24) is 4.90 Å². The van der Waals surface area contributed by atoms with Crippen molar-refractivity contribution < 1.29 is 9.90 Å². The van der Waals surface area contributed by atoms with Gasteiger partial charge in [-0.1, -0.05) is 54.6 Å². The maximum absolute atomic E-state index is 10.7.